The van der Waals surface area contributed by atoms with Crippen LogP contribution in [0.2, 0.25) is 0 Å². The third kappa shape index (κ3) is 11.5. The van der Waals surface area contributed by atoms with Crippen LogP contribution in [0.4, 0.5) is 5.69 Å². The highest BCUT2D eigenvalue weighted by Crippen LogP contribution is 2.29. The van der Waals surface area contributed by atoms with Gasteiger partial charge in [-0.25, -0.2) is 4.79 Å². The first-order valence-electron chi connectivity index (χ1n) is 19.3. The molecule has 0 atom stereocenters. The Morgan fingerprint density at radius 1 is 0.946 bits per heavy atom. The Balaban J connectivity index is 0.000000215. The molecule has 1 amide bonds. The molecule has 6 rings (SSSR count). The Morgan fingerprint density at radius 2 is 1.68 bits per heavy atom. The van der Waals surface area contributed by atoms with Crippen LogP contribution < -0.4 is 32.7 Å². The van der Waals surface area contributed by atoms with Crippen molar-refractivity contribution < 1.29 is 4.79 Å². The molecule has 13 heteroatoms. The lowest BCUT2D eigenvalue weighted by molar-refractivity contribution is 0.0785. The van der Waals surface area contributed by atoms with Crippen LogP contribution in [0, 0.1) is 0 Å². The number of fused-ring (bicyclic) bond motifs is 1. The number of pyridine rings is 1. The van der Waals surface area contributed by atoms with Crippen LogP contribution in [0.15, 0.2) is 89.0 Å². The third-order valence-electron chi connectivity index (χ3n) is 9.67. The van der Waals surface area contributed by atoms with Gasteiger partial charge in [-0.05, 0) is 77.5 Å². The number of hydrogen-bond acceptors (Lipinski definition) is 8. The number of aromatic amines is 1. The van der Waals surface area contributed by atoms with Crippen molar-refractivity contribution in [1.82, 2.24) is 35.1 Å². The molecule has 1 fully saturated rings. The number of piperazine rings is 1. The second kappa shape index (κ2) is 18.4. The van der Waals surface area contributed by atoms with Crippen LogP contribution in [0.25, 0.3) is 16.7 Å². The Kier molecular flexibility index (Phi) is 13.7. The lowest BCUT2D eigenvalue weighted by atomic mass is 9.85. The van der Waals surface area contributed by atoms with E-state index in [-0.39, 0.29) is 28.4 Å². The molecule has 0 aliphatic carbocycles. The van der Waals surface area contributed by atoms with Gasteiger partial charge in [-0.15, -0.1) is 0 Å². The number of rotatable bonds is 11. The summed E-state index contributed by atoms with van der Waals surface area (Å²) in [6, 6.07) is 20.2. The molecule has 5 aromatic rings. The van der Waals surface area contributed by atoms with Gasteiger partial charge in [0.1, 0.15) is 5.65 Å². The normalized spacial score (nSPS) is 13.2. The van der Waals surface area contributed by atoms with Crippen molar-refractivity contribution in [1.29, 1.82) is 0 Å². The van der Waals surface area contributed by atoms with Crippen LogP contribution in [-0.4, -0.2) is 82.6 Å². The number of nitrogens with zero attached hydrogens (tertiary/aromatic N) is 6. The summed E-state index contributed by atoms with van der Waals surface area (Å²) in [5, 5.41) is 7.66. The number of aliphatic imine (C=N–C) groups is 1. The Hall–Kier alpha value is -5.53. The minimum atomic E-state index is -0.301. The molecular formula is C43H59N11O2. The zero-order chi connectivity index (χ0) is 40.5. The smallest absolute Gasteiger partial charge is 0.354 e. The first kappa shape index (κ1) is 41.6. The number of guanidine groups is 1. The monoisotopic (exact) mass is 761 g/mol. The standard InChI is InChI=1S/C22H30N4O.C21H29N7O/c1-22(2,3)19-12-18(13-20(14-19)26-10-8-23-9-11-26)21(27)25(4)16-17-6-5-7-24-15-17;1-21(2,3)17-11-15-13-28(20(29)27-18(15)26-17)16-7-5-14(6-8-16)12-24-9-4-10-25-19(22)23/h5-7,12-15,23H,8-11,16H2,1-4H3;5-8,11,13,24H,4,9-10,12H2,1-3H3,(H4,22,23,25)(H,26,27,29). The molecule has 1 aliphatic heterocycles. The number of amides is 1. The van der Waals surface area contributed by atoms with Gasteiger partial charge < -0.3 is 36.9 Å². The number of aromatic nitrogens is 4. The van der Waals surface area contributed by atoms with E-state index in [1.54, 1.807) is 15.7 Å². The van der Waals surface area contributed by atoms with E-state index in [1.807, 2.05) is 68.0 Å². The molecule has 0 unspecified atom stereocenters. The largest absolute Gasteiger partial charge is 0.370 e. The average Bonchev–Trinajstić information content (AvgIpc) is 3.60. The van der Waals surface area contributed by atoms with Gasteiger partial charge in [0.05, 0.1) is 5.69 Å². The van der Waals surface area contributed by atoms with Crippen molar-refractivity contribution in [2.75, 3.05) is 51.2 Å². The topological polar surface area (TPSA) is 176 Å². The van der Waals surface area contributed by atoms with E-state index in [1.165, 1.54) is 5.56 Å². The second-order valence-corrected chi connectivity index (χ2v) is 16.4. The second-order valence-electron chi connectivity index (χ2n) is 16.4. The molecule has 2 aromatic carbocycles. The van der Waals surface area contributed by atoms with Gasteiger partial charge in [-0.2, -0.15) is 4.98 Å². The predicted octanol–water partition coefficient (Wildman–Crippen LogP) is 4.83. The number of benzene rings is 2. The van der Waals surface area contributed by atoms with Gasteiger partial charge in [-0.3, -0.25) is 19.3 Å². The molecule has 0 saturated carbocycles. The van der Waals surface area contributed by atoms with Crippen LogP contribution in [-0.2, 0) is 23.9 Å². The molecule has 4 heterocycles. The highest BCUT2D eigenvalue weighted by atomic mass is 16.2. The molecule has 7 N–H and O–H groups in total. The number of carbonyl (C=O) groups excluding carboxylic acids is 1. The molecule has 0 spiro atoms. The Labute approximate surface area is 330 Å². The maximum absolute atomic E-state index is 13.1. The highest BCUT2D eigenvalue weighted by molar-refractivity contribution is 5.95. The predicted molar refractivity (Wildman–Crippen MR) is 228 cm³/mol. The molecule has 0 bridgehead atoms. The summed E-state index contributed by atoms with van der Waals surface area (Å²) in [6.07, 6.45) is 6.26. The molecule has 13 nitrogen and oxygen atoms in total. The molecule has 1 aliphatic rings. The van der Waals surface area contributed by atoms with Gasteiger partial charge in [-0.1, -0.05) is 59.7 Å². The fourth-order valence-electron chi connectivity index (χ4n) is 6.33. The van der Waals surface area contributed by atoms with E-state index in [2.05, 4.69) is 89.2 Å². The summed E-state index contributed by atoms with van der Waals surface area (Å²) in [4.78, 5) is 45.3. The fourth-order valence-corrected chi connectivity index (χ4v) is 6.33. The molecule has 298 valence electrons. The SMILES string of the molecule is CC(C)(C)c1cc2cn(-c3ccc(CNCCCN=C(N)N)cc3)c(=O)nc2[nH]1.CN(Cc1cccnc1)C(=O)c1cc(N2CCNCC2)cc(C(C)(C)C)c1. The Bertz CT molecular complexity index is 2130. The van der Waals surface area contributed by atoms with Crippen molar-refractivity contribution in [2.24, 2.45) is 16.5 Å². The summed E-state index contributed by atoms with van der Waals surface area (Å²) in [7, 11) is 1.85. The summed E-state index contributed by atoms with van der Waals surface area (Å²) in [5.74, 6) is 0.166. The maximum atomic E-state index is 13.1. The van der Waals surface area contributed by atoms with E-state index in [9.17, 15) is 9.59 Å². The third-order valence-corrected chi connectivity index (χ3v) is 9.67. The quantitative estimate of drug-likeness (QED) is 0.0718. The number of nitrogens with two attached hydrogens (primary N) is 2. The van der Waals surface area contributed by atoms with Crippen molar-refractivity contribution >= 4 is 28.6 Å². The number of carbonyl (C=O) groups is 1. The number of nitrogens with one attached hydrogen (secondary N) is 3. The molecule has 56 heavy (non-hydrogen) atoms. The molecule has 1 saturated heterocycles. The Morgan fingerprint density at radius 3 is 2.32 bits per heavy atom. The van der Waals surface area contributed by atoms with Crippen molar-refractivity contribution in [3.05, 3.63) is 118 Å². The summed E-state index contributed by atoms with van der Waals surface area (Å²) < 4.78 is 1.58. The van der Waals surface area contributed by atoms with E-state index in [0.717, 1.165) is 84.8 Å². The van der Waals surface area contributed by atoms with Gasteiger partial charge >= 0.3 is 5.69 Å². The molecule has 0 radical (unpaired) electrons. The van der Waals surface area contributed by atoms with Gasteiger partial charge in [0, 0.05) is 99.2 Å². The lowest BCUT2D eigenvalue weighted by Crippen LogP contribution is -2.43. The fraction of sp³-hybridized carbons (Fsp3) is 0.419. The van der Waals surface area contributed by atoms with Crippen molar-refractivity contribution in [3.8, 4) is 5.69 Å². The van der Waals surface area contributed by atoms with Gasteiger partial charge in [0.2, 0.25) is 0 Å². The van der Waals surface area contributed by atoms with Gasteiger partial charge in [0.15, 0.2) is 5.96 Å². The minimum Gasteiger partial charge on any atom is -0.370 e. The number of hydrogen-bond donors (Lipinski definition) is 5. The van der Waals surface area contributed by atoms with E-state index < -0.39 is 0 Å². The first-order chi connectivity index (χ1) is 26.6. The molecule has 3 aromatic heterocycles. The van der Waals surface area contributed by atoms with Crippen LogP contribution in [0.1, 0.15) is 80.7 Å². The maximum Gasteiger partial charge on any atom is 0.354 e. The summed E-state index contributed by atoms with van der Waals surface area (Å²) in [6.45, 7) is 19.5. The first-order valence-corrected chi connectivity index (χ1v) is 19.3. The van der Waals surface area contributed by atoms with Crippen molar-refractivity contribution in [2.45, 2.75) is 71.9 Å². The summed E-state index contributed by atoms with van der Waals surface area (Å²) >= 11 is 0. The minimum absolute atomic E-state index is 0.0129. The lowest BCUT2D eigenvalue weighted by Gasteiger charge is -2.32. The van der Waals surface area contributed by atoms with Crippen LogP contribution >= 0.6 is 0 Å². The zero-order valence-electron chi connectivity index (χ0n) is 34.0. The number of H-pyrrole nitrogens is 1. The van der Waals surface area contributed by atoms with Crippen LogP contribution in [0.3, 0.4) is 0 Å². The van der Waals surface area contributed by atoms with E-state index in [4.69, 9.17) is 11.5 Å². The van der Waals surface area contributed by atoms with Crippen molar-refractivity contribution in [3.63, 3.8) is 0 Å². The number of anilines is 1. The van der Waals surface area contributed by atoms with Crippen LogP contribution in [0.5, 0.6) is 0 Å². The van der Waals surface area contributed by atoms with Gasteiger partial charge in [0.25, 0.3) is 5.91 Å². The molecular weight excluding hydrogens is 703 g/mol. The zero-order valence-corrected chi connectivity index (χ0v) is 34.0. The average molecular weight is 762 g/mol. The highest BCUT2D eigenvalue weighted by Gasteiger charge is 2.22. The van der Waals surface area contributed by atoms with E-state index in [0.29, 0.717) is 18.7 Å². The van der Waals surface area contributed by atoms with E-state index >= 15 is 0 Å². The summed E-state index contributed by atoms with van der Waals surface area (Å²) in [5.41, 5.74) is 18.0.